The predicted molar refractivity (Wildman–Crippen MR) is 94.2 cm³/mol. The number of amides is 2. The first-order valence-electron chi connectivity index (χ1n) is 7.68. The zero-order valence-corrected chi connectivity index (χ0v) is 14.6. The molecule has 0 unspecified atom stereocenters. The summed E-state index contributed by atoms with van der Waals surface area (Å²) >= 11 is 0. The number of carbonyl (C=O) groups is 2. The first kappa shape index (κ1) is 19.5. The minimum atomic E-state index is -3.73. The van der Waals surface area contributed by atoms with Crippen molar-refractivity contribution in [2.75, 3.05) is 11.9 Å². The molecule has 0 aliphatic rings. The van der Waals surface area contributed by atoms with Crippen LogP contribution in [0.1, 0.15) is 12.0 Å². The molecule has 2 rings (SSSR count). The summed E-state index contributed by atoms with van der Waals surface area (Å²) in [5.74, 6) is -1.38. The Balaban J connectivity index is 1.74. The summed E-state index contributed by atoms with van der Waals surface area (Å²) in [5, 5.41) is 10.1. The number of carbonyl (C=O) groups excluding carboxylic acids is 2. The largest absolute Gasteiger partial charge is 0.355 e. The standard InChI is InChI=1S/C17H18FN3O4S/c18-13-3-5-14(6-4-13)21-17(23)11-16(22)20-10-9-12-1-7-15(8-2-12)26(19,24)25/h1-8H,9-11H2,(H,20,22)(H,21,23)(H2,19,24,25). The lowest BCUT2D eigenvalue weighted by Crippen LogP contribution is -2.29. The van der Waals surface area contributed by atoms with Crippen LogP contribution in [0.25, 0.3) is 0 Å². The number of halogens is 1. The average Bonchev–Trinajstić information content (AvgIpc) is 2.56. The van der Waals surface area contributed by atoms with Crippen LogP contribution in [-0.2, 0) is 26.0 Å². The first-order chi connectivity index (χ1) is 12.2. The van der Waals surface area contributed by atoms with Crippen molar-refractivity contribution in [3.05, 3.63) is 59.9 Å². The summed E-state index contributed by atoms with van der Waals surface area (Å²) in [6, 6.07) is 11.2. The summed E-state index contributed by atoms with van der Waals surface area (Å²) < 4.78 is 35.1. The Hall–Kier alpha value is -2.78. The summed E-state index contributed by atoms with van der Waals surface area (Å²) in [7, 11) is -3.73. The molecule has 0 fully saturated rings. The summed E-state index contributed by atoms with van der Waals surface area (Å²) in [4.78, 5) is 23.5. The van der Waals surface area contributed by atoms with Gasteiger partial charge in [0.05, 0.1) is 4.90 Å². The van der Waals surface area contributed by atoms with E-state index in [1.165, 1.54) is 36.4 Å². The Kier molecular flexibility index (Phi) is 6.42. The fraction of sp³-hybridized carbons (Fsp3) is 0.176. The molecule has 0 aliphatic carbocycles. The second kappa shape index (κ2) is 8.54. The van der Waals surface area contributed by atoms with E-state index in [1.807, 2.05) is 0 Å². The number of anilines is 1. The van der Waals surface area contributed by atoms with Gasteiger partial charge in [0, 0.05) is 12.2 Å². The number of hydrogen-bond donors (Lipinski definition) is 3. The Bertz CT molecular complexity index is 881. The van der Waals surface area contributed by atoms with Gasteiger partial charge in [0.15, 0.2) is 0 Å². The predicted octanol–water partition coefficient (Wildman–Crippen LogP) is 1.16. The highest BCUT2D eigenvalue weighted by Gasteiger charge is 2.10. The number of benzene rings is 2. The third-order valence-corrected chi connectivity index (χ3v) is 4.37. The molecule has 0 saturated heterocycles. The van der Waals surface area contributed by atoms with Gasteiger partial charge >= 0.3 is 0 Å². The van der Waals surface area contributed by atoms with Gasteiger partial charge in [-0.15, -0.1) is 0 Å². The minimum Gasteiger partial charge on any atom is -0.355 e. The van der Waals surface area contributed by atoms with Crippen molar-refractivity contribution in [1.82, 2.24) is 5.32 Å². The van der Waals surface area contributed by atoms with Gasteiger partial charge in [0.2, 0.25) is 21.8 Å². The molecule has 26 heavy (non-hydrogen) atoms. The highest BCUT2D eigenvalue weighted by Crippen LogP contribution is 2.09. The molecule has 0 heterocycles. The van der Waals surface area contributed by atoms with E-state index in [0.29, 0.717) is 12.1 Å². The molecule has 7 nitrogen and oxygen atoms in total. The van der Waals surface area contributed by atoms with Gasteiger partial charge in [-0.3, -0.25) is 9.59 Å². The Morgan fingerprint density at radius 3 is 2.15 bits per heavy atom. The molecule has 0 bridgehead atoms. The van der Waals surface area contributed by atoms with Crippen LogP contribution in [0.3, 0.4) is 0 Å². The van der Waals surface area contributed by atoms with Crippen molar-refractivity contribution in [3.8, 4) is 0 Å². The normalized spacial score (nSPS) is 11.0. The molecule has 0 atom stereocenters. The van der Waals surface area contributed by atoms with Crippen molar-refractivity contribution in [1.29, 1.82) is 0 Å². The maximum atomic E-state index is 12.8. The van der Waals surface area contributed by atoms with Gasteiger partial charge in [-0.2, -0.15) is 0 Å². The number of primary sulfonamides is 1. The van der Waals surface area contributed by atoms with E-state index in [2.05, 4.69) is 10.6 Å². The van der Waals surface area contributed by atoms with E-state index in [1.54, 1.807) is 12.1 Å². The molecule has 0 aromatic heterocycles. The van der Waals surface area contributed by atoms with Crippen LogP contribution in [0, 0.1) is 5.82 Å². The van der Waals surface area contributed by atoms with E-state index in [-0.39, 0.29) is 17.9 Å². The third-order valence-electron chi connectivity index (χ3n) is 3.44. The topological polar surface area (TPSA) is 118 Å². The minimum absolute atomic E-state index is 0.0164. The average molecular weight is 379 g/mol. The Morgan fingerprint density at radius 2 is 1.58 bits per heavy atom. The van der Waals surface area contributed by atoms with E-state index >= 15 is 0 Å². The summed E-state index contributed by atoms with van der Waals surface area (Å²) in [6.07, 6.45) is 0.109. The lowest BCUT2D eigenvalue weighted by atomic mass is 10.1. The number of rotatable bonds is 7. The first-order valence-corrected chi connectivity index (χ1v) is 9.22. The maximum absolute atomic E-state index is 12.8. The molecule has 2 aromatic rings. The molecule has 2 aromatic carbocycles. The quantitative estimate of drug-likeness (QED) is 0.626. The highest BCUT2D eigenvalue weighted by molar-refractivity contribution is 7.89. The number of hydrogen-bond acceptors (Lipinski definition) is 4. The molecule has 0 saturated carbocycles. The van der Waals surface area contributed by atoms with Crippen LogP contribution in [0.15, 0.2) is 53.4 Å². The van der Waals surface area contributed by atoms with Gasteiger partial charge in [0.1, 0.15) is 12.2 Å². The molecule has 4 N–H and O–H groups in total. The Morgan fingerprint density at radius 1 is 0.962 bits per heavy atom. The van der Waals surface area contributed by atoms with Gasteiger partial charge in [0.25, 0.3) is 0 Å². The fourth-order valence-corrected chi connectivity index (χ4v) is 2.65. The van der Waals surface area contributed by atoms with Crippen LogP contribution in [0.5, 0.6) is 0 Å². The van der Waals surface area contributed by atoms with E-state index in [9.17, 15) is 22.4 Å². The van der Waals surface area contributed by atoms with E-state index < -0.39 is 27.7 Å². The number of sulfonamides is 1. The molecule has 0 aliphatic heterocycles. The third kappa shape index (κ3) is 6.26. The van der Waals surface area contributed by atoms with Crippen LogP contribution in [-0.4, -0.2) is 26.8 Å². The lowest BCUT2D eigenvalue weighted by Gasteiger charge is -2.07. The fourth-order valence-electron chi connectivity index (χ4n) is 2.14. The molecule has 2 amide bonds. The van der Waals surface area contributed by atoms with E-state index in [4.69, 9.17) is 5.14 Å². The zero-order valence-electron chi connectivity index (χ0n) is 13.7. The number of nitrogens with two attached hydrogens (primary N) is 1. The van der Waals surface area contributed by atoms with Gasteiger partial charge in [-0.1, -0.05) is 12.1 Å². The van der Waals surface area contributed by atoms with Gasteiger partial charge in [-0.05, 0) is 48.4 Å². The summed E-state index contributed by atoms with van der Waals surface area (Å²) in [5.41, 5.74) is 1.22. The van der Waals surface area contributed by atoms with Crippen molar-refractivity contribution in [3.63, 3.8) is 0 Å². The molecule has 0 radical (unpaired) electrons. The lowest BCUT2D eigenvalue weighted by molar-refractivity contribution is -0.126. The SMILES string of the molecule is NS(=O)(=O)c1ccc(CCNC(=O)CC(=O)Nc2ccc(F)cc2)cc1. The van der Waals surface area contributed by atoms with Crippen molar-refractivity contribution in [2.24, 2.45) is 5.14 Å². The van der Waals surface area contributed by atoms with Crippen LogP contribution in [0.4, 0.5) is 10.1 Å². The van der Waals surface area contributed by atoms with E-state index in [0.717, 1.165) is 5.56 Å². The highest BCUT2D eigenvalue weighted by atomic mass is 32.2. The monoisotopic (exact) mass is 379 g/mol. The second-order valence-electron chi connectivity index (χ2n) is 5.52. The zero-order chi connectivity index (χ0) is 19.2. The van der Waals surface area contributed by atoms with Crippen molar-refractivity contribution in [2.45, 2.75) is 17.7 Å². The van der Waals surface area contributed by atoms with Crippen molar-refractivity contribution < 1.29 is 22.4 Å². The van der Waals surface area contributed by atoms with Gasteiger partial charge < -0.3 is 10.6 Å². The molecule has 9 heteroatoms. The van der Waals surface area contributed by atoms with Crippen LogP contribution >= 0.6 is 0 Å². The second-order valence-corrected chi connectivity index (χ2v) is 7.08. The smallest absolute Gasteiger partial charge is 0.238 e. The molecular formula is C17H18FN3O4S. The van der Waals surface area contributed by atoms with Crippen LogP contribution in [0.2, 0.25) is 0 Å². The molecular weight excluding hydrogens is 361 g/mol. The van der Waals surface area contributed by atoms with Crippen LogP contribution < -0.4 is 15.8 Å². The summed E-state index contributed by atoms with van der Waals surface area (Å²) in [6.45, 7) is 0.289. The van der Waals surface area contributed by atoms with Crippen molar-refractivity contribution >= 4 is 27.5 Å². The molecule has 0 spiro atoms. The molecule has 138 valence electrons. The van der Waals surface area contributed by atoms with Gasteiger partial charge in [-0.25, -0.2) is 17.9 Å². The maximum Gasteiger partial charge on any atom is 0.238 e. The Labute approximate surface area is 150 Å². The number of nitrogens with one attached hydrogen (secondary N) is 2.